The molecule has 37 heavy (non-hydrogen) atoms. The fourth-order valence-electron chi connectivity index (χ4n) is 4.65. The number of hydrogen-bond donors (Lipinski definition) is 3. The maximum Gasteiger partial charge on any atom is 0.328 e. The number of amides is 1. The van der Waals surface area contributed by atoms with Crippen LogP contribution in [0.25, 0.3) is 10.9 Å². The highest BCUT2D eigenvalue weighted by Gasteiger charge is 2.24. The second-order valence-corrected chi connectivity index (χ2v) is 9.97. The molecule has 2 fully saturated rings. The van der Waals surface area contributed by atoms with E-state index in [9.17, 15) is 14.4 Å². The van der Waals surface area contributed by atoms with Gasteiger partial charge in [0.25, 0.3) is 5.91 Å². The van der Waals surface area contributed by atoms with Crippen LogP contribution in [-0.2, 0) is 14.3 Å². The molecule has 1 aromatic carbocycles. The maximum absolute atomic E-state index is 12.8. The van der Waals surface area contributed by atoms with Gasteiger partial charge in [-0.05, 0) is 70.5 Å². The van der Waals surface area contributed by atoms with Crippen LogP contribution in [0.2, 0.25) is 0 Å². The van der Waals surface area contributed by atoms with E-state index in [1.54, 1.807) is 0 Å². The summed E-state index contributed by atoms with van der Waals surface area (Å²) in [6.45, 7) is 10.3. The Kier molecular flexibility index (Phi) is 10.6. The van der Waals surface area contributed by atoms with Crippen LogP contribution in [0.5, 0.6) is 0 Å². The lowest BCUT2D eigenvalue weighted by Crippen LogP contribution is -2.41. The van der Waals surface area contributed by atoms with Crippen LogP contribution in [0.4, 0.5) is 0 Å². The second kappa shape index (κ2) is 13.9. The molecule has 1 amide bonds. The number of hydrogen-bond acceptors (Lipinski definition) is 6. The summed E-state index contributed by atoms with van der Waals surface area (Å²) < 4.78 is 7.40. The van der Waals surface area contributed by atoms with Crippen molar-refractivity contribution in [2.24, 2.45) is 11.8 Å². The monoisotopic (exact) mass is 514 g/mol. The Morgan fingerprint density at radius 3 is 2.30 bits per heavy atom. The van der Waals surface area contributed by atoms with E-state index in [-0.39, 0.29) is 11.9 Å². The highest BCUT2D eigenvalue weighted by Crippen LogP contribution is 2.22. The summed E-state index contributed by atoms with van der Waals surface area (Å²) in [5.74, 6) is -1.16. The molecule has 0 unspecified atom stereocenters. The van der Waals surface area contributed by atoms with Crippen molar-refractivity contribution in [2.75, 3.05) is 39.4 Å². The zero-order valence-electron chi connectivity index (χ0n) is 21.6. The number of carboxylic acid groups (broad SMARTS) is 2. The Bertz CT molecular complexity index is 1070. The lowest BCUT2D eigenvalue weighted by molar-refractivity contribution is -0.134. The highest BCUT2D eigenvalue weighted by atomic mass is 16.5. The lowest BCUT2D eigenvalue weighted by Gasteiger charge is -2.35. The van der Waals surface area contributed by atoms with Crippen molar-refractivity contribution in [1.29, 1.82) is 0 Å². The van der Waals surface area contributed by atoms with E-state index < -0.39 is 11.9 Å². The largest absolute Gasteiger partial charge is 0.478 e. The number of carbonyl (C=O) groups is 3. The molecule has 0 bridgehead atoms. The zero-order chi connectivity index (χ0) is 26.8. The Hall–Kier alpha value is -3.24. The van der Waals surface area contributed by atoms with E-state index in [1.807, 2.05) is 29.1 Å². The fourth-order valence-corrected chi connectivity index (χ4v) is 4.65. The number of likely N-dealkylation sites (tertiary alicyclic amines) is 1. The molecular formula is C27H38N4O6. The third kappa shape index (κ3) is 8.98. The van der Waals surface area contributed by atoms with Crippen molar-refractivity contribution in [3.63, 3.8) is 0 Å². The van der Waals surface area contributed by atoms with Crippen molar-refractivity contribution in [1.82, 2.24) is 20.0 Å². The molecule has 3 N–H and O–H groups in total. The first-order chi connectivity index (χ1) is 17.7. The van der Waals surface area contributed by atoms with E-state index >= 15 is 0 Å². The normalized spacial score (nSPS) is 17.6. The molecule has 0 aliphatic carbocycles. The smallest absolute Gasteiger partial charge is 0.328 e. The summed E-state index contributed by atoms with van der Waals surface area (Å²) in [6, 6.07) is 6.13. The van der Waals surface area contributed by atoms with E-state index in [4.69, 9.17) is 14.9 Å². The van der Waals surface area contributed by atoms with Crippen molar-refractivity contribution in [3.05, 3.63) is 42.1 Å². The number of piperidine rings is 1. The fraction of sp³-hybridized carbons (Fsp3) is 0.556. The molecule has 202 valence electrons. The molecule has 0 spiro atoms. The Labute approximate surface area is 217 Å². The van der Waals surface area contributed by atoms with Crippen LogP contribution in [0, 0.1) is 11.8 Å². The quantitative estimate of drug-likeness (QED) is 0.457. The number of ether oxygens (including phenoxy) is 1. The highest BCUT2D eigenvalue weighted by molar-refractivity contribution is 6.05. The number of carbonyl (C=O) groups excluding carboxylic acids is 1. The summed E-state index contributed by atoms with van der Waals surface area (Å²) in [4.78, 5) is 34.5. The van der Waals surface area contributed by atoms with Gasteiger partial charge in [-0.2, -0.15) is 5.10 Å². The van der Waals surface area contributed by atoms with Gasteiger partial charge in [-0.3, -0.25) is 9.48 Å². The lowest BCUT2D eigenvalue weighted by atomic mass is 9.94. The van der Waals surface area contributed by atoms with Crippen LogP contribution in [-0.4, -0.2) is 82.1 Å². The van der Waals surface area contributed by atoms with Gasteiger partial charge >= 0.3 is 11.9 Å². The third-order valence-corrected chi connectivity index (χ3v) is 6.81. The van der Waals surface area contributed by atoms with Gasteiger partial charge in [-0.15, -0.1) is 0 Å². The third-order valence-electron chi connectivity index (χ3n) is 6.81. The van der Waals surface area contributed by atoms with Crippen molar-refractivity contribution >= 4 is 28.7 Å². The predicted molar refractivity (Wildman–Crippen MR) is 140 cm³/mol. The van der Waals surface area contributed by atoms with Crippen LogP contribution >= 0.6 is 0 Å². The van der Waals surface area contributed by atoms with E-state index in [0.29, 0.717) is 23.6 Å². The first kappa shape index (κ1) is 28.3. The molecule has 10 nitrogen and oxygen atoms in total. The molecule has 2 aliphatic rings. The number of rotatable bonds is 8. The first-order valence-corrected chi connectivity index (χ1v) is 12.9. The summed E-state index contributed by atoms with van der Waals surface area (Å²) in [5, 5.41) is 24.5. The average Bonchev–Trinajstić information content (AvgIpc) is 3.33. The van der Waals surface area contributed by atoms with Crippen LogP contribution < -0.4 is 5.32 Å². The SMILES string of the molecule is CC(C)n1cc2cccc(C(=O)NCC3CCN(CC4CCOCC4)CC3)c2n1.O=C(O)/C=C/C(=O)O. The molecular weight excluding hydrogens is 476 g/mol. The molecule has 2 saturated heterocycles. The van der Waals surface area contributed by atoms with E-state index in [2.05, 4.69) is 29.2 Å². The van der Waals surface area contributed by atoms with Gasteiger partial charge in [-0.25, -0.2) is 9.59 Å². The van der Waals surface area contributed by atoms with Gasteiger partial charge < -0.3 is 25.2 Å². The van der Waals surface area contributed by atoms with Crippen molar-refractivity contribution in [3.8, 4) is 0 Å². The summed E-state index contributed by atoms with van der Waals surface area (Å²) >= 11 is 0. The minimum atomic E-state index is -1.26. The van der Waals surface area contributed by atoms with Gasteiger partial charge in [0.05, 0.1) is 5.56 Å². The van der Waals surface area contributed by atoms with E-state index in [1.165, 1.54) is 19.4 Å². The van der Waals surface area contributed by atoms with Crippen LogP contribution in [0.15, 0.2) is 36.5 Å². The van der Waals surface area contributed by atoms with Crippen molar-refractivity contribution in [2.45, 2.75) is 45.6 Å². The standard InChI is InChI=1S/C23H34N4O2.C4H4O4/c1-17(2)27-16-20-4-3-5-21(22(20)25-27)23(28)24-14-18-6-10-26(11-7-18)15-19-8-12-29-13-9-19;5-3(6)1-2-4(7)8/h3-5,16-19H,6-15H2,1-2H3,(H,24,28);1-2H,(H,5,6)(H,7,8)/b;2-1+. The van der Waals surface area contributed by atoms with Gasteiger partial charge in [-0.1, -0.05) is 12.1 Å². The second-order valence-electron chi connectivity index (χ2n) is 9.97. The Morgan fingerprint density at radius 2 is 1.70 bits per heavy atom. The van der Waals surface area contributed by atoms with Gasteiger partial charge in [0.1, 0.15) is 5.52 Å². The van der Waals surface area contributed by atoms with Gasteiger partial charge in [0.2, 0.25) is 0 Å². The minimum Gasteiger partial charge on any atom is -0.478 e. The topological polar surface area (TPSA) is 134 Å². The van der Waals surface area contributed by atoms with Gasteiger partial charge in [0, 0.05) is 56.1 Å². The molecule has 4 rings (SSSR count). The average molecular weight is 515 g/mol. The van der Waals surface area contributed by atoms with Crippen molar-refractivity contribution < 1.29 is 29.3 Å². The first-order valence-electron chi connectivity index (χ1n) is 12.9. The summed E-state index contributed by atoms with van der Waals surface area (Å²) in [7, 11) is 0. The molecule has 1 aromatic heterocycles. The number of nitrogens with zero attached hydrogens (tertiary/aromatic N) is 3. The maximum atomic E-state index is 12.8. The number of benzene rings is 1. The van der Waals surface area contributed by atoms with Crippen LogP contribution in [0.3, 0.4) is 0 Å². The summed E-state index contributed by atoms with van der Waals surface area (Å²) in [6.07, 6.45) is 7.86. The number of carboxylic acids is 2. The van der Waals surface area contributed by atoms with Crippen LogP contribution in [0.1, 0.15) is 55.9 Å². The van der Waals surface area contributed by atoms with E-state index in [0.717, 1.165) is 62.5 Å². The zero-order valence-corrected chi connectivity index (χ0v) is 21.6. The minimum absolute atomic E-state index is 0.00533. The Morgan fingerprint density at radius 1 is 1.05 bits per heavy atom. The molecule has 10 heteroatoms. The molecule has 2 aromatic rings. The van der Waals surface area contributed by atoms with Gasteiger partial charge in [0.15, 0.2) is 0 Å². The number of aromatic nitrogens is 2. The molecule has 2 aliphatic heterocycles. The molecule has 0 saturated carbocycles. The molecule has 3 heterocycles. The number of nitrogens with one attached hydrogen (secondary N) is 1. The summed E-state index contributed by atoms with van der Waals surface area (Å²) in [5.41, 5.74) is 1.48. The number of aliphatic carboxylic acids is 2. The Balaban J connectivity index is 0.000000414. The number of fused-ring (bicyclic) bond motifs is 1. The predicted octanol–water partition coefficient (Wildman–Crippen LogP) is 3.20. The molecule has 0 radical (unpaired) electrons. The molecule has 0 atom stereocenters.